The van der Waals surface area contributed by atoms with E-state index in [-0.39, 0.29) is 43.5 Å². The van der Waals surface area contributed by atoms with Gasteiger partial charge in [0.2, 0.25) is 11.8 Å². The molecule has 6 bridgehead atoms. The van der Waals surface area contributed by atoms with Crippen LogP contribution in [-0.2, 0) is 48.0 Å². The van der Waals surface area contributed by atoms with Crippen LogP contribution in [-0.4, -0.2) is 134 Å². The van der Waals surface area contributed by atoms with Gasteiger partial charge in [-0.25, -0.2) is 15.2 Å². The number of carbonyl (C=O) groups excluding carboxylic acids is 5. The number of rotatable bonds is 9. The zero-order valence-electron chi connectivity index (χ0n) is 41.3. The highest BCUT2D eigenvalue weighted by molar-refractivity contribution is 7.10. The van der Waals surface area contributed by atoms with Crippen LogP contribution >= 0.6 is 11.3 Å². The van der Waals surface area contributed by atoms with Crippen LogP contribution in [0.15, 0.2) is 59.3 Å². The molecule has 1 aromatic carbocycles. The van der Waals surface area contributed by atoms with Gasteiger partial charge < -0.3 is 34.1 Å². The number of methoxy groups -OCH3 is 1. The second-order valence-corrected chi connectivity index (χ2v) is 21.6. The van der Waals surface area contributed by atoms with Crippen molar-refractivity contribution in [1.82, 2.24) is 45.0 Å². The first-order chi connectivity index (χ1) is 32.9. The minimum atomic E-state index is -1.69. The Hall–Kier alpha value is -5.87. The lowest BCUT2D eigenvalue weighted by Gasteiger charge is -2.53. The van der Waals surface area contributed by atoms with E-state index in [1.165, 1.54) is 28.2 Å². The van der Waals surface area contributed by atoms with Gasteiger partial charge in [0.05, 0.1) is 40.3 Å². The Morgan fingerprint density at radius 3 is 2.57 bits per heavy atom. The Bertz CT molecular complexity index is 2780. The molecule has 0 saturated carbocycles. The lowest BCUT2D eigenvalue weighted by Crippen LogP contribution is -2.72. The van der Waals surface area contributed by atoms with Gasteiger partial charge >= 0.3 is 12.0 Å². The van der Waals surface area contributed by atoms with Crippen LogP contribution in [0.5, 0.6) is 0 Å². The van der Waals surface area contributed by atoms with Crippen molar-refractivity contribution in [3.05, 3.63) is 75.6 Å². The van der Waals surface area contributed by atoms with Crippen molar-refractivity contribution < 1.29 is 33.4 Å². The van der Waals surface area contributed by atoms with Crippen molar-refractivity contribution in [1.29, 1.82) is 0 Å². The number of pyridine rings is 1. The van der Waals surface area contributed by atoms with E-state index < -0.39 is 46.4 Å². The Kier molecular flexibility index (Phi) is 12.9. The summed E-state index contributed by atoms with van der Waals surface area (Å²) in [6.07, 6.45) is 6.33. The van der Waals surface area contributed by atoms with E-state index in [0.717, 1.165) is 57.5 Å². The summed E-state index contributed by atoms with van der Waals surface area (Å²) in [4.78, 5) is 86.3. The van der Waals surface area contributed by atoms with Gasteiger partial charge in [0, 0.05) is 105 Å². The number of ether oxygens (including phenoxy) is 2. The number of fused-ring (bicyclic) bond motifs is 6. The van der Waals surface area contributed by atoms with Gasteiger partial charge in [-0.3, -0.25) is 29.2 Å². The molecule has 5 amide bonds. The SMILES string of the molecule is CCn1c(-c2cccnc2[C@H](C)OC)c2c3cc(ccc31)-c1csc(n1)C[C@](NC(=O)[C@H](C(C)C)N(C)C(=O)N1CCCC13CN(C(C)=O)C3)(C1=C=C1)C(=O)N1CCC[C@H](N1)C(=O)OCC(C)(C)C2. The van der Waals surface area contributed by atoms with E-state index in [9.17, 15) is 14.4 Å². The van der Waals surface area contributed by atoms with E-state index in [2.05, 4.69) is 66.1 Å². The molecular formula is C52H65N9O7S. The minimum absolute atomic E-state index is 0.00747. The number of esters is 1. The molecule has 17 heteroatoms. The number of benzene rings is 1. The molecule has 69 heavy (non-hydrogen) atoms. The summed E-state index contributed by atoms with van der Waals surface area (Å²) in [5, 5.41) is 8.28. The Labute approximate surface area is 408 Å². The molecule has 3 fully saturated rings. The third kappa shape index (κ3) is 8.76. The summed E-state index contributed by atoms with van der Waals surface area (Å²) in [6, 6.07) is 8.35. The van der Waals surface area contributed by atoms with Gasteiger partial charge in [-0.15, -0.1) is 17.1 Å². The molecule has 4 atom stereocenters. The number of thiazole rings is 1. The number of amides is 5. The third-order valence-corrected chi connectivity index (χ3v) is 15.7. The van der Waals surface area contributed by atoms with Crippen LogP contribution < -0.4 is 10.7 Å². The van der Waals surface area contributed by atoms with E-state index in [0.29, 0.717) is 56.0 Å². The van der Waals surface area contributed by atoms with Crippen LogP contribution in [0.3, 0.4) is 0 Å². The fourth-order valence-corrected chi connectivity index (χ4v) is 12.0. The maximum absolute atomic E-state index is 15.4. The smallest absolute Gasteiger partial charge is 0.324 e. The second kappa shape index (κ2) is 18.5. The van der Waals surface area contributed by atoms with E-state index in [1.807, 2.05) is 37.1 Å². The number of hydrogen-bond acceptors (Lipinski definition) is 11. The lowest BCUT2D eigenvalue weighted by atomic mass is 9.84. The maximum atomic E-state index is 15.4. The number of cyclic esters (lactones) is 1. The van der Waals surface area contributed by atoms with Crippen molar-refractivity contribution in [2.45, 2.75) is 123 Å². The normalized spacial score (nSPS) is 22.8. The van der Waals surface area contributed by atoms with Crippen LogP contribution in [0.4, 0.5) is 4.79 Å². The van der Waals surface area contributed by atoms with Gasteiger partial charge in [0.25, 0.3) is 5.91 Å². The highest BCUT2D eigenvalue weighted by Crippen LogP contribution is 2.43. The predicted octanol–water partition coefficient (Wildman–Crippen LogP) is 6.44. The number of urea groups is 1. The number of nitrogens with zero attached hydrogens (tertiary/aromatic N) is 7. The molecule has 5 aliphatic rings. The molecule has 9 rings (SSSR count). The number of likely N-dealkylation sites (tertiary alicyclic amines) is 2. The molecule has 4 aromatic rings. The zero-order valence-corrected chi connectivity index (χ0v) is 42.1. The van der Waals surface area contributed by atoms with Crippen molar-refractivity contribution in [2.24, 2.45) is 11.3 Å². The summed E-state index contributed by atoms with van der Waals surface area (Å²) in [5.41, 5.74) is 10.8. The van der Waals surface area contributed by atoms with Crippen molar-refractivity contribution in [2.75, 3.05) is 46.9 Å². The third-order valence-electron chi connectivity index (χ3n) is 14.9. The van der Waals surface area contributed by atoms with Crippen molar-refractivity contribution >= 4 is 52.0 Å². The van der Waals surface area contributed by atoms with Crippen LogP contribution in [0.2, 0.25) is 0 Å². The number of nitrogens with one attached hydrogen (secondary N) is 2. The second-order valence-electron chi connectivity index (χ2n) is 20.7. The first-order valence-corrected chi connectivity index (χ1v) is 25.2. The molecule has 366 valence electrons. The first-order valence-electron chi connectivity index (χ1n) is 24.3. The van der Waals surface area contributed by atoms with Crippen molar-refractivity contribution in [3.8, 4) is 22.5 Å². The molecule has 3 aromatic heterocycles. The zero-order chi connectivity index (χ0) is 49.2. The van der Waals surface area contributed by atoms with Crippen LogP contribution in [0.25, 0.3) is 33.4 Å². The van der Waals surface area contributed by atoms with Gasteiger partial charge in [-0.2, -0.15) is 0 Å². The molecule has 7 heterocycles. The molecule has 1 spiro atoms. The highest BCUT2D eigenvalue weighted by Gasteiger charge is 2.55. The number of hydrogen-bond donors (Lipinski definition) is 2. The molecule has 16 nitrogen and oxygen atoms in total. The number of aryl methyl sites for hydroxylation is 1. The van der Waals surface area contributed by atoms with E-state index in [4.69, 9.17) is 19.4 Å². The number of hydrazine groups is 1. The quantitative estimate of drug-likeness (QED) is 0.141. The standard InChI is InChI=1S/C52H65N9O7S/c1-10-59-41-19-16-34-24-37(41)38(45(59)36-14-11-21-53-43(36)32(4)67-9)25-50(6,7)30-68-47(64)39-15-12-23-61(56-39)48(65)52(35-17-18-35,26-42-54-40(34)27-69-42)55-46(63)44(31(2)3)57(8)49(66)60-22-13-20-51(60)28-58(29-51)33(5)62/h11,14,16-17,19,21,24,27,31-32,39,44,56H,10,12-13,15,20,22-23,25-26,28-30H2,1-9H3,(H,55,63)/t32-,39-,44-,52-/m0/s1. The first kappa shape index (κ1) is 48.2. The molecule has 3 saturated heterocycles. The number of carbonyl (C=O) groups is 5. The monoisotopic (exact) mass is 959 g/mol. The molecule has 1 aliphatic carbocycles. The Morgan fingerprint density at radius 1 is 1.10 bits per heavy atom. The largest absolute Gasteiger partial charge is 0.464 e. The molecule has 0 unspecified atom stereocenters. The summed E-state index contributed by atoms with van der Waals surface area (Å²) in [7, 11) is 3.32. The summed E-state index contributed by atoms with van der Waals surface area (Å²) >= 11 is 1.40. The fourth-order valence-electron chi connectivity index (χ4n) is 11.1. The minimum Gasteiger partial charge on any atom is -0.464 e. The summed E-state index contributed by atoms with van der Waals surface area (Å²) in [5.74, 6) is -1.81. The van der Waals surface area contributed by atoms with E-state index in [1.54, 1.807) is 31.3 Å². The Morgan fingerprint density at radius 2 is 1.87 bits per heavy atom. The highest BCUT2D eigenvalue weighted by atomic mass is 32.1. The number of likely N-dealkylation sites (N-methyl/N-ethyl adjacent to an activating group) is 1. The molecular weight excluding hydrogens is 895 g/mol. The topological polar surface area (TPSA) is 172 Å². The van der Waals surface area contributed by atoms with Gasteiger partial charge in [0.15, 0.2) is 5.54 Å². The molecule has 2 N–H and O–H groups in total. The van der Waals surface area contributed by atoms with E-state index >= 15 is 9.59 Å². The van der Waals surface area contributed by atoms with Crippen molar-refractivity contribution in [3.63, 3.8) is 0 Å². The Balaban J connectivity index is 1.12. The summed E-state index contributed by atoms with van der Waals surface area (Å²) < 4.78 is 14.3. The average Bonchev–Trinajstić information content (AvgIpc) is 3.79. The molecule has 0 radical (unpaired) electrons. The van der Waals surface area contributed by atoms with Gasteiger partial charge in [-0.1, -0.05) is 33.8 Å². The maximum Gasteiger partial charge on any atom is 0.324 e. The van der Waals surface area contributed by atoms with Gasteiger partial charge in [0.1, 0.15) is 12.1 Å². The number of aromatic nitrogens is 3. The van der Waals surface area contributed by atoms with Crippen LogP contribution in [0, 0.1) is 11.3 Å². The fraction of sp³-hybridized carbons (Fsp3) is 0.538. The lowest BCUT2D eigenvalue weighted by molar-refractivity contribution is -0.156. The van der Waals surface area contributed by atoms with Crippen LogP contribution in [0.1, 0.15) is 96.5 Å². The predicted molar refractivity (Wildman–Crippen MR) is 263 cm³/mol. The average molecular weight is 960 g/mol. The molecule has 4 aliphatic heterocycles. The summed E-state index contributed by atoms with van der Waals surface area (Å²) in [6.45, 7) is 16.2. The van der Waals surface area contributed by atoms with Gasteiger partial charge in [-0.05, 0) is 87.8 Å².